The second kappa shape index (κ2) is 8.66. The maximum atomic E-state index is 13.2. The minimum Gasteiger partial charge on any atom is -0.497 e. The highest BCUT2D eigenvalue weighted by molar-refractivity contribution is 8.00. The Morgan fingerprint density at radius 1 is 1.07 bits per heavy atom. The summed E-state index contributed by atoms with van der Waals surface area (Å²) in [7, 11) is 3.24. The summed E-state index contributed by atoms with van der Waals surface area (Å²) in [6, 6.07) is 14.7. The first-order valence-electron chi connectivity index (χ1n) is 9.59. The van der Waals surface area contributed by atoms with Crippen LogP contribution in [0.5, 0.6) is 11.5 Å². The maximum Gasteiger partial charge on any atom is 0.240 e. The van der Waals surface area contributed by atoms with Crippen molar-refractivity contribution < 1.29 is 14.3 Å². The number of aryl methyl sites for hydroxylation is 1. The van der Waals surface area contributed by atoms with E-state index in [4.69, 9.17) is 9.47 Å². The number of aromatic nitrogens is 3. The number of amides is 1. The Labute approximate surface area is 179 Å². The zero-order valence-corrected chi connectivity index (χ0v) is 17.8. The van der Waals surface area contributed by atoms with Crippen molar-refractivity contribution in [1.82, 2.24) is 14.9 Å². The molecule has 0 saturated heterocycles. The Bertz CT molecular complexity index is 1020. The van der Waals surface area contributed by atoms with Gasteiger partial charge in [-0.25, -0.2) is 4.68 Å². The average Bonchev–Trinajstić information content (AvgIpc) is 3.21. The molecule has 30 heavy (non-hydrogen) atoms. The first-order valence-corrected chi connectivity index (χ1v) is 10.5. The van der Waals surface area contributed by atoms with Crippen LogP contribution in [0.15, 0.2) is 53.7 Å². The van der Waals surface area contributed by atoms with Crippen LogP contribution < -0.4 is 20.2 Å². The van der Waals surface area contributed by atoms with E-state index in [1.54, 1.807) is 14.2 Å². The summed E-state index contributed by atoms with van der Waals surface area (Å²) in [5.74, 6) is 2.20. The molecule has 0 aliphatic carbocycles. The Morgan fingerprint density at radius 2 is 1.70 bits per heavy atom. The van der Waals surface area contributed by atoms with Crippen molar-refractivity contribution in [1.29, 1.82) is 0 Å². The normalized spacial score (nSPS) is 17.6. The molecular weight excluding hydrogens is 402 g/mol. The van der Waals surface area contributed by atoms with E-state index in [1.165, 1.54) is 11.8 Å². The standard InChI is InChI=1S/C21H23N5O3S/c1-4-17-23-24-21-26(17)25-18(13-5-9-15(28-2)10-6-13)19(30-21)20(27)22-14-7-11-16(29-3)12-8-14/h5-12,18-19,25H,4H2,1-3H3,(H,22,27)/t18-,19-/m0/s1. The summed E-state index contributed by atoms with van der Waals surface area (Å²) in [4.78, 5) is 13.2. The third kappa shape index (κ3) is 3.93. The fourth-order valence-corrected chi connectivity index (χ4v) is 4.38. The van der Waals surface area contributed by atoms with Crippen molar-refractivity contribution >= 4 is 23.4 Å². The number of carbonyl (C=O) groups is 1. The minimum atomic E-state index is -0.443. The van der Waals surface area contributed by atoms with Crippen LogP contribution in [0.25, 0.3) is 0 Å². The van der Waals surface area contributed by atoms with Gasteiger partial charge in [-0.15, -0.1) is 10.2 Å². The highest BCUT2D eigenvalue weighted by Gasteiger charge is 2.37. The number of carbonyl (C=O) groups excluding carboxylic acids is 1. The molecule has 2 aromatic carbocycles. The molecule has 156 valence electrons. The van der Waals surface area contributed by atoms with Gasteiger partial charge in [0.2, 0.25) is 11.1 Å². The van der Waals surface area contributed by atoms with E-state index < -0.39 is 5.25 Å². The molecule has 2 N–H and O–H groups in total. The molecule has 2 heterocycles. The van der Waals surface area contributed by atoms with E-state index in [0.29, 0.717) is 10.8 Å². The van der Waals surface area contributed by atoms with Crippen molar-refractivity contribution in [3.05, 3.63) is 59.9 Å². The van der Waals surface area contributed by atoms with Gasteiger partial charge in [0.15, 0.2) is 5.82 Å². The van der Waals surface area contributed by atoms with Gasteiger partial charge in [-0.1, -0.05) is 30.8 Å². The van der Waals surface area contributed by atoms with Gasteiger partial charge in [-0.05, 0) is 42.0 Å². The van der Waals surface area contributed by atoms with Crippen LogP contribution in [0.1, 0.15) is 24.4 Å². The smallest absolute Gasteiger partial charge is 0.240 e. The van der Waals surface area contributed by atoms with E-state index in [9.17, 15) is 4.79 Å². The molecule has 0 bridgehead atoms. The number of benzene rings is 2. The number of hydrogen-bond acceptors (Lipinski definition) is 7. The van der Waals surface area contributed by atoms with Crippen LogP contribution in [-0.4, -0.2) is 40.3 Å². The van der Waals surface area contributed by atoms with Crippen molar-refractivity contribution in [3.63, 3.8) is 0 Å². The van der Waals surface area contributed by atoms with Gasteiger partial charge >= 0.3 is 0 Å². The van der Waals surface area contributed by atoms with Gasteiger partial charge in [0, 0.05) is 12.1 Å². The topological polar surface area (TPSA) is 90.3 Å². The first kappa shape index (κ1) is 20.1. The van der Waals surface area contributed by atoms with Crippen LogP contribution >= 0.6 is 11.8 Å². The molecule has 2 atom stereocenters. The molecule has 1 aliphatic heterocycles. The summed E-state index contributed by atoms with van der Waals surface area (Å²) in [5, 5.41) is 11.7. The summed E-state index contributed by atoms with van der Waals surface area (Å²) in [6.07, 6.45) is 0.735. The zero-order valence-electron chi connectivity index (χ0n) is 17.0. The summed E-state index contributed by atoms with van der Waals surface area (Å²) in [5.41, 5.74) is 5.11. The molecule has 0 unspecified atom stereocenters. The van der Waals surface area contributed by atoms with Crippen LogP contribution in [0.4, 0.5) is 5.69 Å². The molecule has 1 aromatic heterocycles. The lowest BCUT2D eigenvalue weighted by Gasteiger charge is -2.33. The maximum absolute atomic E-state index is 13.2. The summed E-state index contributed by atoms with van der Waals surface area (Å²) >= 11 is 1.40. The van der Waals surface area contributed by atoms with Crippen molar-refractivity contribution in [2.24, 2.45) is 0 Å². The van der Waals surface area contributed by atoms with Gasteiger partial charge in [0.1, 0.15) is 16.7 Å². The third-order valence-corrected chi connectivity index (χ3v) is 6.13. The van der Waals surface area contributed by atoms with E-state index in [-0.39, 0.29) is 11.9 Å². The van der Waals surface area contributed by atoms with Gasteiger partial charge in [0.25, 0.3) is 0 Å². The minimum absolute atomic E-state index is 0.120. The fourth-order valence-electron chi connectivity index (χ4n) is 3.28. The van der Waals surface area contributed by atoms with Crippen molar-refractivity contribution in [2.75, 3.05) is 25.0 Å². The number of nitrogens with zero attached hydrogens (tertiary/aromatic N) is 3. The predicted octanol–water partition coefficient (Wildman–Crippen LogP) is 3.26. The summed E-state index contributed by atoms with van der Waals surface area (Å²) < 4.78 is 12.3. The highest BCUT2D eigenvalue weighted by Crippen LogP contribution is 2.38. The number of thioether (sulfide) groups is 1. The number of nitrogens with one attached hydrogen (secondary N) is 2. The molecule has 8 nitrogen and oxygen atoms in total. The zero-order chi connectivity index (χ0) is 21.1. The molecule has 0 spiro atoms. The number of methoxy groups -OCH3 is 2. The molecule has 1 amide bonds. The molecule has 0 saturated carbocycles. The lowest BCUT2D eigenvalue weighted by molar-refractivity contribution is -0.116. The SMILES string of the molecule is CCc1nnc2n1N[C@@H](c1ccc(OC)cc1)[C@@H](C(=O)Nc1ccc(OC)cc1)S2. The van der Waals surface area contributed by atoms with Gasteiger partial charge in [0.05, 0.1) is 20.3 Å². The largest absolute Gasteiger partial charge is 0.497 e. The Balaban J connectivity index is 1.63. The van der Waals surface area contributed by atoms with E-state index in [0.717, 1.165) is 29.3 Å². The van der Waals surface area contributed by atoms with Crippen molar-refractivity contribution in [2.45, 2.75) is 29.8 Å². The monoisotopic (exact) mass is 425 g/mol. The van der Waals surface area contributed by atoms with Crippen LogP contribution in [0.2, 0.25) is 0 Å². The Morgan fingerprint density at radius 3 is 2.30 bits per heavy atom. The second-order valence-electron chi connectivity index (χ2n) is 6.72. The quantitative estimate of drug-likeness (QED) is 0.626. The number of rotatable bonds is 6. The molecular formula is C21H23N5O3S. The Kier molecular flexibility index (Phi) is 5.80. The van der Waals surface area contributed by atoms with E-state index in [2.05, 4.69) is 20.9 Å². The Hall–Kier alpha value is -3.20. The highest BCUT2D eigenvalue weighted by atomic mass is 32.2. The second-order valence-corrected chi connectivity index (χ2v) is 7.83. The molecule has 0 fully saturated rings. The van der Waals surface area contributed by atoms with Crippen LogP contribution in [-0.2, 0) is 11.2 Å². The van der Waals surface area contributed by atoms with E-state index in [1.807, 2.05) is 60.1 Å². The van der Waals surface area contributed by atoms with Gasteiger partial charge < -0.3 is 20.2 Å². The summed E-state index contributed by atoms with van der Waals surface area (Å²) in [6.45, 7) is 2.02. The van der Waals surface area contributed by atoms with Crippen LogP contribution in [0.3, 0.4) is 0 Å². The van der Waals surface area contributed by atoms with Gasteiger partial charge in [-0.2, -0.15) is 0 Å². The number of anilines is 1. The van der Waals surface area contributed by atoms with Crippen molar-refractivity contribution in [3.8, 4) is 11.5 Å². The van der Waals surface area contributed by atoms with E-state index >= 15 is 0 Å². The molecule has 1 aliphatic rings. The molecule has 3 aromatic rings. The molecule has 9 heteroatoms. The first-order chi connectivity index (χ1) is 14.6. The number of hydrogen-bond donors (Lipinski definition) is 2. The molecule has 0 radical (unpaired) electrons. The van der Waals surface area contributed by atoms with Gasteiger partial charge in [-0.3, -0.25) is 4.79 Å². The third-order valence-electron chi connectivity index (χ3n) is 4.91. The lowest BCUT2D eigenvalue weighted by Crippen LogP contribution is -2.41. The fraction of sp³-hybridized carbons (Fsp3) is 0.286. The predicted molar refractivity (Wildman–Crippen MR) is 116 cm³/mol. The van der Waals surface area contributed by atoms with Crippen LogP contribution in [0, 0.1) is 0 Å². The number of ether oxygens (including phenoxy) is 2. The lowest BCUT2D eigenvalue weighted by atomic mass is 10.0. The molecule has 4 rings (SSSR count). The average molecular weight is 426 g/mol. The number of fused-ring (bicyclic) bond motifs is 1.